The number of hydrogen-bond donors (Lipinski definition) is 2. The molecule has 0 fully saturated rings. The van der Waals surface area contributed by atoms with Crippen molar-refractivity contribution in [1.29, 1.82) is 0 Å². The molecule has 11 heteroatoms. The van der Waals surface area contributed by atoms with Gasteiger partial charge in [0.05, 0.1) is 17.5 Å². The van der Waals surface area contributed by atoms with Crippen LogP contribution in [0.5, 0.6) is 5.75 Å². The van der Waals surface area contributed by atoms with Gasteiger partial charge in [0.25, 0.3) is 10.0 Å². The quantitative estimate of drug-likeness (QED) is 0.816. The summed E-state index contributed by atoms with van der Waals surface area (Å²) in [4.78, 5) is -0.256. The van der Waals surface area contributed by atoms with Crippen LogP contribution in [0.2, 0.25) is 0 Å². The highest BCUT2D eigenvalue weighted by Crippen LogP contribution is 2.34. The van der Waals surface area contributed by atoms with E-state index in [2.05, 4.69) is 0 Å². The van der Waals surface area contributed by atoms with Crippen molar-refractivity contribution >= 4 is 20.0 Å². The monoisotopic (exact) mass is 342 g/mol. The smallest absolute Gasteiger partial charge is 0.350 e. The predicted octanol–water partition coefficient (Wildman–Crippen LogP) is 0.300. The van der Waals surface area contributed by atoms with E-state index in [1.54, 1.807) is 0 Å². The van der Waals surface area contributed by atoms with Crippen LogP contribution in [0.25, 0.3) is 0 Å². The Bertz CT molecular complexity index is 749. The Morgan fingerprint density at radius 1 is 1.29 bits per heavy atom. The molecule has 0 aromatic heterocycles. The lowest BCUT2D eigenvalue weighted by Crippen LogP contribution is -2.35. The Kier molecular flexibility index (Phi) is 4.19. The van der Waals surface area contributed by atoms with Crippen LogP contribution in [0, 0.1) is 0 Å². The molecule has 0 spiro atoms. The molecule has 0 radical (unpaired) electrons. The first-order valence-electron chi connectivity index (χ1n) is 5.70. The normalized spacial score (nSPS) is 19.1. The Hall–Kier alpha value is -1.30. The maximum atomic E-state index is 12.4. The molecule has 0 saturated carbocycles. The van der Waals surface area contributed by atoms with Gasteiger partial charge in [0, 0.05) is 12.0 Å². The second-order valence-electron chi connectivity index (χ2n) is 4.36. The van der Waals surface area contributed by atoms with E-state index < -0.39 is 31.8 Å². The number of sulfonamides is 2. The third-order valence-corrected chi connectivity index (χ3v) is 4.88. The molecule has 118 valence electrons. The highest BCUT2D eigenvalue weighted by molar-refractivity contribution is 7.89. The molecule has 2 rings (SSSR count). The van der Waals surface area contributed by atoms with E-state index in [0.717, 1.165) is 6.07 Å². The fraction of sp³-hybridized carbons (Fsp3) is 0.400. The highest BCUT2D eigenvalue weighted by Gasteiger charge is 2.31. The van der Waals surface area contributed by atoms with Gasteiger partial charge in [-0.05, 0) is 18.2 Å². The molecule has 1 heterocycles. The van der Waals surface area contributed by atoms with Crippen LogP contribution in [-0.4, -0.2) is 29.2 Å². The lowest BCUT2D eigenvalue weighted by atomic mass is 10.0. The number of primary sulfonamides is 1. The van der Waals surface area contributed by atoms with Gasteiger partial charge in [0.1, 0.15) is 5.75 Å². The van der Waals surface area contributed by atoms with Gasteiger partial charge < -0.3 is 4.74 Å². The van der Waals surface area contributed by atoms with Gasteiger partial charge in [0.2, 0.25) is 10.0 Å². The van der Waals surface area contributed by atoms with Crippen molar-refractivity contribution in [2.75, 3.05) is 6.61 Å². The summed E-state index contributed by atoms with van der Waals surface area (Å²) in [7, 11) is -8.81. The third kappa shape index (κ3) is 3.48. The van der Waals surface area contributed by atoms with Gasteiger partial charge in [-0.2, -0.15) is 8.78 Å². The molecule has 1 atom stereocenters. The fourth-order valence-corrected chi connectivity index (χ4v) is 3.21. The van der Waals surface area contributed by atoms with Crippen molar-refractivity contribution in [1.82, 2.24) is 4.72 Å². The summed E-state index contributed by atoms with van der Waals surface area (Å²) < 4.78 is 77.0. The summed E-state index contributed by atoms with van der Waals surface area (Å²) in [5.74, 6) is -3.36. The van der Waals surface area contributed by atoms with E-state index in [9.17, 15) is 25.6 Å². The Morgan fingerprint density at radius 3 is 2.52 bits per heavy atom. The number of fused-ring (bicyclic) bond motifs is 1. The summed E-state index contributed by atoms with van der Waals surface area (Å²) in [6, 6.07) is 2.60. The number of benzene rings is 1. The first kappa shape index (κ1) is 16.1. The molecular weight excluding hydrogens is 330 g/mol. The number of rotatable bonds is 4. The maximum absolute atomic E-state index is 12.4. The van der Waals surface area contributed by atoms with E-state index in [1.807, 2.05) is 4.72 Å². The summed E-state index contributed by atoms with van der Waals surface area (Å²) in [6.45, 7) is 0.109. The van der Waals surface area contributed by atoms with Crippen LogP contribution in [0.3, 0.4) is 0 Å². The summed E-state index contributed by atoms with van der Waals surface area (Å²) >= 11 is 0. The van der Waals surface area contributed by atoms with Crippen LogP contribution in [0.1, 0.15) is 18.0 Å². The standard InChI is InChI=1S/C10H12F2N2O5S2/c11-10(12)21(17,18)14-8-3-4-19-9-2-1-6(5-7(8)9)20(13,15)16/h1-2,5,8,10,14H,3-4H2,(H2,13,15,16). The van der Waals surface area contributed by atoms with Crippen molar-refractivity contribution in [2.45, 2.75) is 23.1 Å². The SMILES string of the molecule is NS(=O)(=O)c1ccc2c(c1)C(NS(=O)(=O)C(F)F)CCO2. The number of alkyl halides is 2. The number of ether oxygens (including phenoxy) is 1. The minimum atomic E-state index is -4.81. The predicted molar refractivity (Wildman–Crippen MR) is 68.7 cm³/mol. The number of halogens is 2. The summed E-state index contributed by atoms with van der Waals surface area (Å²) in [6.07, 6.45) is 0.0903. The van der Waals surface area contributed by atoms with Gasteiger partial charge in [-0.25, -0.2) is 26.7 Å². The molecule has 7 nitrogen and oxygen atoms in total. The van der Waals surface area contributed by atoms with Gasteiger partial charge in [-0.15, -0.1) is 0 Å². The first-order valence-corrected chi connectivity index (χ1v) is 8.79. The molecule has 0 aliphatic carbocycles. The van der Waals surface area contributed by atoms with Crippen molar-refractivity contribution in [3.8, 4) is 5.75 Å². The largest absolute Gasteiger partial charge is 0.493 e. The lowest BCUT2D eigenvalue weighted by Gasteiger charge is -2.26. The Labute approximate surface area is 120 Å². The topological polar surface area (TPSA) is 116 Å². The van der Waals surface area contributed by atoms with Crippen molar-refractivity contribution in [3.63, 3.8) is 0 Å². The molecule has 3 N–H and O–H groups in total. The van der Waals surface area contributed by atoms with Crippen molar-refractivity contribution < 1.29 is 30.4 Å². The molecule has 1 aliphatic heterocycles. The van der Waals surface area contributed by atoms with Gasteiger partial charge in [0.15, 0.2) is 0 Å². The molecule has 1 unspecified atom stereocenters. The third-order valence-electron chi connectivity index (χ3n) is 2.89. The number of nitrogens with two attached hydrogens (primary N) is 1. The zero-order valence-electron chi connectivity index (χ0n) is 10.5. The molecule has 0 bridgehead atoms. The minimum Gasteiger partial charge on any atom is -0.493 e. The zero-order valence-corrected chi connectivity index (χ0v) is 12.1. The first-order chi connectivity index (χ1) is 9.61. The molecule has 1 aromatic rings. The molecule has 21 heavy (non-hydrogen) atoms. The lowest BCUT2D eigenvalue weighted by molar-refractivity contribution is 0.226. The minimum absolute atomic E-state index is 0.0903. The zero-order chi connectivity index (χ0) is 15.8. The van der Waals surface area contributed by atoms with E-state index in [0.29, 0.717) is 0 Å². The van der Waals surface area contributed by atoms with E-state index in [4.69, 9.17) is 9.88 Å². The van der Waals surface area contributed by atoms with Crippen LogP contribution >= 0.6 is 0 Å². The van der Waals surface area contributed by atoms with Crippen LogP contribution in [0.4, 0.5) is 8.78 Å². The summed E-state index contributed by atoms with van der Waals surface area (Å²) in [5, 5.41) is 4.98. The average molecular weight is 342 g/mol. The Balaban J connectivity index is 2.43. The second kappa shape index (κ2) is 5.48. The van der Waals surface area contributed by atoms with Crippen molar-refractivity contribution in [3.05, 3.63) is 23.8 Å². The summed E-state index contributed by atoms with van der Waals surface area (Å²) in [5.41, 5.74) is 0.150. The molecule has 0 saturated heterocycles. The van der Waals surface area contributed by atoms with Gasteiger partial charge in [-0.3, -0.25) is 0 Å². The molecule has 0 amide bonds. The number of hydrogen-bond acceptors (Lipinski definition) is 5. The highest BCUT2D eigenvalue weighted by atomic mass is 32.2. The molecule has 1 aromatic carbocycles. The second-order valence-corrected chi connectivity index (χ2v) is 7.60. The molecule has 1 aliphatic rings. The van der Waals surface area contributed by atoms with Crippen LogP contribution in [0.15, 0.2) is 23.1 Å². The van der Waals surface area contributed by atoms with Crippen molar-refractivity contribution in [2.24, 2.45) is 5.14 Å². The van der Waals surface area contributed by atoms with Crippen LogP contribution in [-0.2, 0) is 20.0 Å². The van der Waals surface area contributed by atoms with E-state index in [-0.39, 0.29) is 29.2 Å². The fourth-order valence-electron chi connectivity index (χ4n) is 1.92. The maximum Gasteiger partial charge on any atom is 0.350 e. The Morgan fingerprint density at radius 2 is 1.95 bits per heavy atom. The van der Waals surface area contributed by atoms with Gasteiger partial charge >= 0.3 is 5.76 Å². The van der Waals surface area contributed by atoms with E-state index >= 15 is 0 Å². The van der Waals surface area contributed by atoms with Gasteiger partial charge in [-0.1, -0.05) is 0 Å². The average Bonchev–Trinajstić information content (AvgIpc) is 2.37. The van der Waals surface area contributed by atoms with E-state index in [1.165, 1.54) is 12.1 Å². The van der Waals surface area contributed by atoms with Crippen LogP contribution < -0.4 is 14.6 Å². The molecular formula is C10H12F2N2O5S2. The number of nitrogens with one attached hydrogen (secondary N) is 1.